The van der Waals surface area contributed by atoms with Crippen molar-refractivity contribution in [3.05, 3.63) is 29.8 Å². The molecule has 0 atom stereocenters. The monoisotopic (exact) mass is 270 g/mol. The van der Waals surface area contributed by atoms with E-state index in [4.69, 9.17) is 5.73 Å². The van der Waals surface area contributed by atoms with Gasteiger partial charge in [-0.2, -0.15) is 0 Å². The number of sulfone groups is 1. The first kappa shape index (κ1) is 14.7. The number of benzene rings is 1. The third-order valence-electron chi connectivity index (χ3n) is 2.46. The van der Waals surface area contributed by atoms with Gasteiger partial charge >= 0.3 is 0 Å². The summed E-state index contributed by atoms with van der Waals surface area (Å²) < 4.78 is 22.5. The highest BCUT2D eigenvalue weighted by molar-refractivity contribution is 7.90. The molecule has 1 rings (SSSR count). The predicted octanol–water partition coefficient (Wildman–Crippen LogP) is 0.0976. The molecule has 0 aromatic heterocycles. The zero-order valence-electron chi connectivity index (χ0n) is 10.3. The van der Waals surface area contributed by atoms with Crippen molar-refractivity contribution in [3.8, 4) is 0 Å². The van der Waals surface area contributed by atoms with Crippen molar-refractivity contribution in [2.45, 2.75) is 17.7 Å². The molecular formula is C12H18N2O3S. The van der Waals surface area contributed by atoms with Crippen LogP contribution >= 0.6 is 0 Å². The van der Waals surface area contributed by atoms with Crippen LogP contribution in [-0.2, 0) is 21.1 Å². The third-order valence-corrected chi connectivity index (χ3v) is 3.59. The molecule has 100 valence electrons. The highest BCUT2D eigenvalue weighted by Crippen LogP contribution is 2.10. The van der Waals surface area contributed by atoms with Crippen molar-refractivity contribution >= 4 is 15.7 Å². The average molecular weight is 270 g/mol. The van der Waals surface area contributed by atoms with Crippen LogP contribution in [0, 0.1) is 0 Å². The maximum absolute atomic E-state index is 11.3. The van der Waals surface area contributed by atoms with Crippen LogP contribution in [-0.4, -0.2) is 33.7 Å². The number of rotatable bonds is 6. The molecule has 0 unspecified atom stereocenters. The molecule has 3 N–H and O–H groups in total. The molecular weight excluding hydrogens is 252 g/mol. The van der Waals surface area contributed by atoms with Crippen molar-refractivity contribution in [3.63, 3.8) is 0 Å². The van der Waals surface area contributed by atoms with Gasteiger partial charge in [-0.1, -0.05) is 12.1 Å². The topological polar surface area (TPSA) is 89.3 Å². The Morgan fingerprint density at radius 2 is 1.89 bits per heavy atom. The Balaban J connectivity index is 2.47. The lowest BCUT2D eigenvalue weighted by Crippen LogP contribution is -2.27. The van der Waals surface area contributed by atoms with Gasteiger partial charge in [0.2, 0.25) is 5.91 Å². The summed E-state index contributed by atoms with van der Waals surface area (Å²) >= 11 is 0. The van der Waals surface area contributed by atoms with Gasteiger partial charge in [0.05, 0.1) is 4.90 Å². The fourth-order valence-corrected chi connectivity index (χ4v) is 2.10. The molecule has 0 radical (unpaired) electrons. The summed E-state index contributed by atoms with van der Waals surface area (Å²) in [4.78, 5) is 11.5. The van der Waals surface area contributed by atoms with Crippen LogP contribution in [0.2, 0.25) is 0 Å². The summed E-state index contributed by atoms with van der Waals surface area (Å²) in [5, 5.41) is 2.74. The van der Waals surface area contributed by atoms with E-state index in [2.05, 4.69) is 5.32 Å². The molecule has 1 amide bonds. The van der Waals surface area contributed by atoms with E-state index in [1.807, 2.05) is 0 Å². The molecule has 0 bridgehead atoms. The summed E-state index contributed by atoms with van der Waals surface area (Å²) in [6.07, 6.45) is 2.17. The van der Waals surface area contributed by atoms with Crippen molar-refractivity contribution in [2.24, 2.45) is 5.73 Å². The lowest BCUT2D eigenvalue weighted by Gasteiger charge is -2.05. The maximum atomic E-state index is 11.3. The number of hydrogen-bond donors (Lipinski definition) is 2. The molecule has 0 heterocycles. The molecule has 0 aliphatic rings. The molecule has 5 nitrogen and oxygen atoms in total. The first-order valence-corrected chi connectivity index (χ1v) is 7.58. The number of nitrogens with two attached hydrogens (primary N) is 1. The van der Waals surface area contributed by atoms with Crippen molar-refractivity contribution in [1.29, 1.82) is 0 Å². The van der Waals surface area contributed by atoms with Crippen LogP contribution in [0.3, 0.4) is 0 Å². The Labute approximate surface area is 107 Å². The van der Waals surface area contributed by atoms with Crippen molar-refractivity contribution < 1.29 is 13.2 Å². The van der Waals surface area contributed by atoms with E-state index in [0.29, 0.717) is 30.8 Å². The van der Waals surface area contributed by atoms with E-state index < -0.39 is 9.84 Å². The first-order chi connectivity index (χ1) is 8.43. The standard InChI is InChI=1S/C12H18N2O3S/c1-18(16,17)11-4-2-10(3-5-11)7-9-14-12(15)6-8-13/h2-5H,6-9,13H2,1H3,(H,14,15). The molecule has 0 fully saturated rings. The van der Waals surface area contributed by atoms with E-state index >= 15 is 0 Å². The summed E-state index contributed by atoms with van der Waals surface area (Å²) in [5.74, 6) is -0.0646. The summed E-state index contributed by atoms with van der Waals surface area (Å²) in [5.41, 5.74) is 6.23. The lowest BCUT2D eigenvalue weighted by molar-refractivity contribution is -0.120. The van der Waals surface area contributed by atoms with E-state index in [9.17, 15) is 13.2 Å². The fraction of sp³-hybridized carbons (Fsp3) is 0.417. The van der Waals surface area contributed by atoms with E-state index in [0.717, 1.165) is 5.56 Å². The maximum Gasteiger partial charge on any atom is 0.221 e. The lowest BCUT2D eigenvalue weighted by atomic mass is 10.1. The van der Waals surface area contributed by atoms with Crippen LogP contribution in [0.25, 0.3) is 0 Å². The van der Waals surface area contributed by atoms with E-state index in [1.165, 1.54) is 6.26 Å². The molecule has 1 aromatic rings. The minimum atomic E-state index is -3.14. The normalized spacial score (nSPS) is 11.2. The number of amides is 1. The predicted molar refractivity (Wildman–Crippen MR) is 69.9 cm³/mol. The second-order valence-corrected chi connectivity index (χ2v) is 6.07. The Morgan fingerprint density at radius 1 is 1.28 bits per heavy atom. The number of carbonyl (C=O) groups is 1. The smallest absolute Gasteiger partial charge is 0.221 e. The quantitative estimate of drug-likeness (QED) is 0.767. The first-order valence-electron chi connectivity index (χ1n) is 5.69. The van der Waals surface area contributed by atoms with Crippen LogP contribution in [0.4, 0.5) is 0 Å². The molecule has 0 aliphatic heterocycles. The molecule has 0 spiro atoms. The Morgan fingerprint density at radius 3 is 2.39 bits per heavy atom. The van der Waals surface area contributed by atoms with Gasteiger partial charge < -0.3 is 11.1 Å². The molecule has 0 saturated carbocycles. The number of hydrogen-bond acceptors (Lipinski definition) is 4. The van der Waals surface area contributed by atoms with Gasteiger partial charge in [0.15, 0.2) is 9.84 Å². The zero-order valence-corrected chi connectivity index (χ0v) is 11.2. The molecule has 0 aliphatic carbocycles. The van der Waals surface area contributed by atoms with E-state index in [-0.39, 0.29) is 5.91 Å². The largest absolute Gasteiger partial charge is 0.356 e. The fourth-order valence-electron chi connectivity index (χ4n) is 1.47. The van der Waals surface area contributed by atoms with Crippen molar-refractivity contribution in [1.82, 2.24) is 5.32 Å². The Kier molecular flexibility index (Phi) is 5.30. The minimum Gasteiger partial charge on any atom is -0.356 e. The summed E-state index contributed by atoms with van der Waals surface area (Å²) in [6.45, 7) is 0.867. The van der Waals surface area contributed by atoms with Crippen LogP contribution in [0.1, 0.15) is 12.0 Å². The van der Waals surface area contributed by atoms with Gasteiger partial charge in [0.1, 0.15) is 0 Å². The van der Waals surface area contributed by atoms with Gasteiger partial charge in [0, 0.05) is 25.8 Å². The molecule has 1 aromatic carbocycles. The van der Waals surface area contributed by atoms with Gasteiger partial charge in [-0.3, -0.25) is 4.79 Å². The van der Waals surface area contributed by atoms with Crippen LogP contribution in [0.5, 0.6) is 0 Å². The highest BCUT2D eigenvalue weighted by Gasteiger charge is 2.06. The minimum absolute atomic E-state index is 0.0646. The second kappa shape index (κ2) is 6.51. The van der Waals surface area contributed by atoms with Crippen LogP contribution < -0.4 is 11.1 Å². The van der Waals surface area contributed by atoms with Gasteiger partial charge in [-0.25, -0.2) is 8.42 Å². The molecule has 6 heteroatoms. The Hall–Kier alpha value is -1.40. The second-order valence-electron chi connectivity index (χ2n) is 4.05. The summed E-state index contributed by atoms with van der Waals surface area (Å²) in [7, 11) is -3.14. The van der Waals surface area contributed by atoms with Crippen molar-refractivity contribution in [2.75, 3.05) is 19.3 Å². The molecule has 18 heavy (non-hydrogen) atoms. The van der Waals surface area contributed by atoms with Gasteiger partial charge in [0.25, 0.3) is 0 Å². The number of carbonyl (C=O) groups excluding carboxylic acids is 1. The highest BCUT2D eigenvalue weighted by atomic mass is 32.2. The Bertz CT molecular complexity index is 495. The SMILES string of the molecule is CS(=O)(=O)c1ccc(CCNC(=O)CCN)cc1. The number of nitrogens with one attached hydrogen (secondary N) is 1. The average Bonchev–Trinajstić information content (AvgIpc) is 2.29. The van der Waals surface area contributed by atoms with Crippen LogP contribution in [0.15, 0.2) is 29.2 Å². The third kappa shape index (κ3) is 4.85. The molecule has 0 saturated heterocycles. The van der Waals surface area contributed by atoms with Gasteiger partial charge in [-0.15, -0.1) is 0 Å². The zero-order chi connectivity index (χ0) is 13.6. The van der Waals surface area contributed by atoms with E-state index in [1.54, 1.807) is 24.3 Å². The summed E-state index contributed by atoms with van der Waals surface area (Å²) in [6, 6.07) is 6.66. The van der Waals surface area contributed by atoms with Gasteiger partial charge in [-0.05, 0) is 24.1 Å².